The van der Waals surface area contributed by atoms with Crippen LogP contribution < -0.4 is 10.1 Å². The summed E-state index contributed by atoms with van der Waals surface area (Å²) in [5.74, 6) is 0.589. The fourth-order valence-corrected chi connectivity index (χ4v) is 2.21. The number of rotatable bonds is 6. The van der Waals surface area contributed by atoms with E-state index in [-0.39, 0.29) is 16.7 Å². The molecule has 0 aromatic heterocycles. The maximum Gasteiger partial charge on any atom is 0.292 e. The molecule has 1 atom stereocenters. The van der Waals surface area contributed by atoms with Crippen molar-refractivity contribution in [1.82, 2.24) is 0 Å². The lowest BCUT2D eigenvalue weighted by atomic mass is 10.0. The van der Waals surface area contributed by atoms with Crippen molar-refractivity contribution in [3.05, 3.63) is 64.2 Å². The lowest BCUT2D eigenvalue weighted by molar-refractivity contribution is -0.384. The number of nitrogens with one attached hydrogen (secondary N) is 1. The van der Waals surface area contributed by atoms with Crippen LogP contribution in [-0.4, -0.2) is 12.0 Å². The minimum Gasteiger partial charge on any atom is -0.497 e. The average molecular weight is 286 g/mol. The molecule has 0 heterocycles. The van der Waals surface area contributed by atoms with Crippen LogP contribution in [0.5, 0.6) is 5.75 Å². The van der Waals surface area contributed by atoms with E-state index in [4.69, 9.17) is 4.74 Å². The normalized spacial score (nSPS) is 11.7. The summed E-state index contributed by atoms with van der Waals surface area (Å²) >= 11 is 0. The Bertz CT molecular complexity index is 614. The van der Waals surface area contributed by atoms with E-state index in [1.165, 1.54) is 6.07 Å². The first-order valence-corrected chi connectivity index (χ1v) is 6.79. The van der Waals surface area contributed by atoms with Gasteiger partial charge in [-0.05, 0) is 18.1 Å². The van der Waals surface area contributed by atoms with Gasteiger partial charge in [0.25, 0.3) is 5.69 Å². The Kier molecular flexibility index (Phi) is 4.77. The summed E-state index contributed by atoms with van der Waals surface area (Å²) in [6.45, 7) is 2.04. The summed E-state index contributed by atoms with van der Waals surface area (Å²) in [6, 6.07) is 14.6. The summed E-state index contributed by atoms with van der Waals surface area (Å²) in [7, 11) is 1.54. The van der Waals surface area contributed by atoms with Crippen LogP contribution in [0.25, 0.3) is 0 Å². The Morgan fingerprint density at radius 2 is 1.95 bits per heavy atom. The molecule has 21 heavy (non-hydrogen) atoms. The summed E-state index contributed by atoms with van der Waals surface area (Å²) in [6.07, 6.45) is 0.818. The van der Waals surface area contributed by atoms with Gasteiger partial charge in [-0.2, -0.15) is 0 Å². The zero-order valence-electron chi connectivity index (χ0n) is 12.1. The monoisotopic (exact) mass is 286 g/mol. The first kappa shape index (κ1) is 14.8. The van der Waals surface area contributed by atoms with Crippen LogP contribution in [0.1, 0.15) is 24.9 Å². The van der Waals surface area contributed by atoms with E-state index >= 15 is 0 Å². The summed E-state index contributed by atoms with van der Waals surface area (Å²) in [4.78, 5) is 10.8. The van der Waals surface area contributed by atoms with Gasteiger partial charge in [-0.15, -0.1) is 0 Å². The van der Waals surface area contributed by atoms with E-state index in [0.29, 0.717) is 11.4 Å². The van der Waals surface area contributed by atoms with E-state index in [0.717, 1.165) is 12.0 Å². The Morgan fingerprint density at radius 3 is 2.52 bits per heavy atom. The quantitative estimate of drug-likeness (QED) is 0.639. The van der Waals surface area contributed by atoms with Gasteiger partial charge >= 0.3 is 0 Å². The van der Waals surface area contributed by atoms with Gasteiger partial charge in [-0.25, -0.2) is 0 Å². The number of nitro benzene ring substituents is 1. The highest BCUT2D eigenvalue weighted by Gasteiger charge is 2.18. The first-order chi connectivity index (χ1) is 10.2. The van der Waals surface area contributed by atoms with Crippen molar-refractivity contribution in [2.24, 2.45) is 0 Å². The van der Waals surface area contributed by atoms with E-state index in [2.05, 4.69) is 5.32 Å². The fraction of sp³-hybridized carbons (Fsp3) is 0.250. The van der Waals surface area contributed by atoms with Crippen LogP contribution in [-0.2, 0) is 0 Å². The minimum absolute atomic E-state index is 0.0111. The van der Waals surface area contributed by atoms with Gasteiger partial charge in [0.2, 0.25) is 0 Å². The Hall–Kier alpha value is -2.56. The summed E-state index contributed by atoms with van der Waals surface area (Å²) in [5.41, 5.74) is 1.61. The number of nitrogens with zero attached hydrogens (tertiary/aromatic N) is 1. The zero-order valence-corrected chi connectivity index (χ0v) is 12.1. The average Bonchev–Trinajstić information content (AvgIpc) is 2.53. The van der Waals surface area contributed by atoms with Crippen molar-refractivity contribution in [3.8, 4) is 5.75 Å². The fourth-order valence-electron chi connectivity index (χ4n) is 2.21. The molecule has 1 unspecified atom stereocenters. The molecule has 0 aliphatic carbocycles. The number of ether oxygens (including phenoxy) is 1. The highest BCUT2D eigenvalue weighted by Crippen LogP contribution is 2.32. The molecular formula is C16H18N2O3. The van der Waals surface area contributed by atoms with E-state index in [9.17, 15) is 10.1 Å². The number of hydrogen-bond acceptors (Lipinski definition) is 4. The highest BCUT2D eigenvalue weighted by molar-refractivity contribution is 5.65. The number of nitro groups is 1. The molecule has 0 fully saturated rings. The maximum absolute atomic E-state index is 11.2. The van der Waals surface area contributed by atoms with Crippen LogP contribution in [0.2, 0.25) is 0 Å². The van der Waals surface area contributed by atoms with Crippen molar-refractivity contribution in [1.29, 1.82) is 0 Å². The second-order valence-electron chi connectivity index (χ2n) is 4.66. The van der Waals surface area contributed by atoms with Crippen LogP contribution >= 0.6 is 0 Å². The topological polar surface area (TPSA) is 64.4 Å². The molecule has 5 heteroatoms. The Morgan fingerprint density at radius 1 is 1.24 bits per heavy atom. The van der Waals surface area contributed by atoms with Crippen molar-refractivity contribution >= 4 is 11.4 Å². The lowest BCUT2D eigenvalue weighted by Crippen LogP contribution is -2.11. The molecule has 110 valence electrons. The smallest absolute Gasteiger partial charge is 0.292 e. The van der Waals surface area contributed by atoms with Crippen LogP contribution in [0.4, 0.5) is 11.4 Å². The van der Waals surface area contributed by atoms with Gasteiger partial charge in [0.15, 0.2) is 0 Å². The molecule has 5 nitrogen and oxygen atoms in total. The van der Waals surface area contributed by atoms with Crippen LogP contribution in [0.15, 0.2) is 48.5 Å². The maximum atomic E-state index is 11.2. The molecule has 0 saturated carbocycles. The predicted molar refractivity (Wildman–Crippen MR) is 82.7 cm³/mol. The molecule has 0 aliphatic rings. The molecule has 0 bridgehead atoms. The van der Waals surface area contributed by atoms with Gasteiger partial charge in [0.1, 0.15) is 11.4 Å². The summed E-state index contributed by atoms with van der Waals surface area (Å²) in [5, 5.41) is 14.4. The number of hydrogen-bond donors (Lipinski definition) is 1. The van der Waals surface area contributed by atoms with Gasteiger partial charge in [0.05, 0.1) is 18.1 Å². The number of anilines is 1. The van der Waals surface area contributed by atoms with Crippen molar-refractivity contribution in [2.45, 2.75) is 19.4 Å². The molecule has 2 aromatic carbocycles. The van der Waals surface area contributed by atoms with Crippen molar-refractivity contribution in [2.75, 3.05) is 12.4 Å². The van der Waals surface area contributed by atoms with E-state index in [1.54, 1.807) is 19.2 Å². The molecule has 0 saturated heterocycles. The van der Waals surface area contributed by atoms with E-state index in [1.807, 2.05) is 37.3 Å². The molecule has 0 amide bonds. The minimum atomic E-state index is -0.389. The van der Waals surface area contributed by atoms with Gasteiger partial charge in [-0.3, -0.25) is 10.1 Å². The number of methoxy groups -OCH3 is 1. The molecule has 2 aromatic rings. The molecule has 2 rings (SSSR count). The molecule has 0 spiro atoms. The van der Waals surface area contributed by atoms with Crippen molar-refractivity contribution in [3.63, 3.8) is 0 Å². The largest absolute Gasteiger partial charge is 0.497 e. The predicted octanol–water partition coefficient (Wildman–Crippen LogP) is 4.17. The molecule has 0 aliphatic heterocycles. The van der Waals surface area contributed by atoms with Gasteiger partial charge in [-0.1, -0.05) is 37.3 Å². The zero-order chi connectivity index (χ0) is 15.2. The van der Waals surface area contributed by atoms with Gasteiger partial charge in [0, 0.05) is 12.1 Å². The molecular weight excluding hydrogens is 268 g/mol. The molecule has 1 N–H and O–H groups in total. The Labute approximate surface area is 123 Å². The highest BCUT2D eigenvalue weighted by atomic mass is 16.6. The second-order valence-corrected chi connectivity index (χ2v) is 4.66. The van der Waals surface area contributed by atoms with Crippen molar-refractivity contribution < 1.29 is 9.66 Å². The lowest BCUT2D eigenvalue weighted by Gasteiger charge is -2.19. The van der Waals surface area contributed by atoms with Gasteiger partial charge < -0.3 is 10.1 Å². The third kappa shape index (κ3) is 3.51. The Balaban J connectivity index is 2.34. The number of benzene rings is 2. The van der Waals surface area contributed by atoms with Crippen LogP contribution in [0.3, 0.4) is 0 Å². The first-order valence-electron chi connectivity index (χ1n) is 6.79. The standard InChI is InChI=1S/C16H18N2O3/c1-3-14(12-7-5-4-6-8-12)17-15-11-13(21-2)9-10-16(15)18(19)20/h4-11,14,17H,3H2,1-2H3. The molecule has 0 radical (unpaired) electrons. The van der Waals surface area contributed by atoms with E-state index < -0.39 is 0 Å². The second kappa shape index (κ2) is 6.74. The van der Waals surface area contributed by atoms with Crippen LogP contribution in [0, 0.1) is 10.1 Å². The third-order valence-electron chi connectivity index (χ3n) is 3.34. The third-order valence-corrected chi connectivity index (χ3v) is 3.34. The SMILES string of the molecule is CCC(Nc1cc(OC)ccc1[N+](=O)[O-])c1ccccc1. The summed E-state index contributed by atoms with van der Waals surface area (Å²) < 4.78 is 5.15.